The fourth-order valence-electron chi connectivity index (χ4n) is 2.55. The number of rotatable bonds is 4. The Morgan fingerprint density at radius 3 is 2.75 bits per heavy atom. The maximum absolute atomic E-state index is 11.7. The van der Waals surface area contributed by atoms with E-state index in [1.54, 1.807) is 4.68 Å². The fraction of sp³-hybridized carbons (Fsp3) is 0.733. The summed E-state index contributed by atoms with van der Waals surface area (Å²) in [5.74, 6) is -0.217. The summed E-state index contributed by atoms with van der Waals surface area (Å²) >= 11 is 0. The van der Waals surface area contributed by atoms with Crippen LogP contribution in [0.3, 0.4) is 0 Å². The average Bonchev–Trinajstić information content (AvgIpc) is 3.02. The molecule has 1 fully saturated rings. The maximum atomic E-state index is 11.7. The van der Waals surface area contributed by atoms with Crippen LogP contribution in [0.25, 0.3) is 0 Å². The van der Waals surface area contributed by atoms with E-state index in [0.29, 0.717) is 12.1 Å². The largest absolute Gasteiger partial charge is 0.444 e. The molecular weight excluding hydrogens is 316 g/mol. The van der Waals surface area contributed by atoms with Gasteiger partial charge in [-0.15, -0.1) is 0 Å². The summed E-state index contributed by atoms with van der Waals surface area (Å²) in [7, 11) is 0. The van der Waals surface area contributed by atoms with Gasteiger partial charge in [-0.2, -0.15) is 4.68 Å². The molecule has 1 aromatic rings. The van der Waals surface area contributed by atoms with Crippen molar-refractivity contribution in [3.05, 3.63) is 21.9 Å². The first-order valence-corrected chi connectivity index (χ1v) is 7.91. The van der Waals surface area contributed by atoms with E-state index < -0.39 is 28.8 Å². The first kappa shape index (κ1) is 18.2. The quantitative estimate of drug-likeness (QED) is 0.666. The molecule has 1 amide bonds. The monoisotopic (exact) mass is 340 g/mol. The van der Waals surface area contributed by atoms with Crippen molar-refractivity contribution in [3.63, 3.8) is 0 Å². The smallest absolute Gasteiger partial charge is 0.407 e. The van der Waals surface area contributed by atoms with E-state index in [1.165, 1.54) is 6.07 Å². The third kappa shape index (κ3) is 4.22. The van der Waals surface area contributed by atoms with Gasteiger partial charge in [-0.3, -0.25) is 0 Å². The lowest BCUT2D eigenvalue weighted by atomic mass is 10.1. The Hall–Kier alpha value is -2.16. The number of hydrogen-bond donors (Lipinski definition) is 1. The van der Waals surface area contributed by atoms with Gasteiger partial charge in [0, 0.05) is 12.5 Å². The molecule has 1 aliphatic rings. The van der Waals surface area contributed by atoms with Crippen LogP contribution in [0.2, 0.25) is 0 Å². The highest BCUT2D eigenvalue weighted by Gasteiger charge is 2.37. The van der Waals surface area contributed by atoms with Crippen LogP contribution in [0.1, 0.15) is 52.8 Å². The Morgan fingerprint density at radius 2 is 2.21 bits per heavy atom. The van der Waals surface area contributed by atoms with Crippen LogP contribution in [0, 0.1) is 10.1 Å². The molecule has 1 saturated heterocycles. The first-order chi connectivity index (χ1) is 11.1. The number of carbonyl (C=O) groups is 1. The van der Waals surface area contributed by atoms with Crippen molar-refractivity contribution in [1.29, 1.82) is 0 Å². The molecule has 0 bridgehead atoms. The molecule has 0 spiro atoms. The van der Waals surface area contributed by atoms with Gasteiger partial charge in [-0.1, -0.05) is 0 Å². The summed E-state index contributed by atoms with van der Waals surface area (Å²) in [6.45, 7) is 9.66. The van der Waals surface area contributed by atoms with Gasteiger partial charge in [0.15, 0.2) is 0 Å². The van der Waals surface area contributed by atoms with E-state index in [-0.39, 0.29) is 18.5 Å². The normalized spacial score (nSPS) is 21.1. The van der Waals surface area contributed by atoms with Gasteiger partial charge < -0.3 is 24.9 Å². The topological polar surface area (TPSA) is 109 Å². The molecule has 0 aliphatic carbocycles. The molecule has 0 unspecified atom stereocenters. The molecule has 9 nitrogen and oxygen atoms in total. The highest BCUT2D eigenvalue weighted by Crippen LogP contribution is 2.34. The lowest BCUT2D eigenvalue weighted by Gasteiger charge is -2.20. The number of nitro groups is 1. The molecule has 2 heterocycles. The van der Waals surface area contributed by atoms with Gasteiger partial charge in [0.1, 0.15) is 12.2 Å². The van der Waals surface area contributed by atoms with E-state index in [2.05, 4.69) is 10.4 Å². The minimum absolute atomic E-state index is 0.0133. The van der Waals surface area contributed by atoms with Crippen LogP contribution in [-0.2, 0) is 15.0 Å². The molecule has 0 radical (unpaired) electrons. The van der Waals surface area contributed by atoms with Crippen molar-refractivity contribution in [1.82, 2.24) is 15.1 Å². The van der Waals surface area contributed by atoms with Gasteiger partial charge >= 0.3 is 11.9 Å². The van der Waals surface area contributed by atoms with Gasteiger partial charge in [0.2, 0.25) is 0 Å². The average molecular weight is 340 g/mol. The maximum Gasteiger partial charge on any atom is 0.407 e. The van der Waals surface area contributed by atoms with Gasteiger partial charge in [0.05, 0.1) is 29.0 Å². The zero-order chi connectivity index (χ0) is 18.1. The lowest BCUT2D eigenvalue weighted by Crippen LogP contribution is -2.33. The molecule has 9 heteroatoms. The summed E-state index contributed by atoms with van der Waals surface area (Å²) in [6, 6.07) is 1.41. The summed E-state index contributed by atoms with van der Waals surface area (Å²) in [4.78, 5) is 22.2. The van der Waals surface area contributed by atoms with Gasteiger partial charge in [-0.05, 0) is 39.5 Å². The van der Waals surface area contributed by atoms with Crippen LogP contribution in [0.15, 0.2) is 6.07 Å². The molecule has 2 atom stereocenters. The highest BCUT2D eigenvalue weighted by atomic mass is 16.6. The summed E-state index contributed by atoms with van der Waals surface area (Å²) in [6.07, 6.45) is -0.849. The number of ether oxygens (including phenoxy) is 2. The SMILES string of the molecule is CC(C)NC(=O)O[C@H]1CO[C@@H](c2cc([N+](=O)[O-])nn2C(C)(C)C)C1. The summed E-state index contributed by atoms with van der Waals surface area (Å²) in [5, 5.41) is 17.8. The van der Waals surface area contributed by atoms with E-state index in [4.69, 9.17) is 9.47 Å². The second kappa shape index (κ2) is 6.76. The molecule has 134 valence electrons. The highest BCUT2D eigenvalue weighted by molar-refractivity contribution is 5.67. The van der Waals surface area contributed by atoms with E-state index in [9.17, 15) is 14.9 Å². The molecular formula is C15H24N4O5. The lowest BCUT2D eigenvalue weighted by molar-refractivity contribution is -0.389. The van der Waals surface area contributed by atoms with Crippen LogP contribution >= 0.6 is 0 Å². The minimum Gasteiger partial charge on any atom is -0.444 e. The molecule has 2 rings (SSSR count). The van der Waals surface area contributed by atoms with Crippen molar-refractivity contribution in [2.75, 3.05) is 6.61 Å². The standard InChI is InChI=1S/C15H24N4O5/c1-9(2)16-14(20)24-10-6-12(23-8-10)11-7-13(19(21)22)17-18(11)15(3,4)5/h7,9-10,12H,6,8H2,1-5H3,(H,16,20)/t10-,12-/m1/s1. The number of nitrogens with one attached hydrogen (secondary N) is 1. The second-order valence-electron chi connectivity index (χ2n) is 7.15. The fourth-order valence-corrected chi connectivity index (χ4v) is 2.55. The van der Waals surface area contributed by atoms with Crippen LogP contribution in [-0.4, -0.2) is 39.5 Å². The van der Waals surface area contributed by atoms with Crippen molar-refractivity contribution in [2.24, 2.45) is 0 Å². The van der Waals surface area contributed by atoms with Crippen molar-refractivity contribution < 1.29 is 19.2 Å². The number of amides is 1. The molecule has 1 aromatic heterocycles. The Labute approximate surface area is 140 Å². The number of carbonyl (C=O) groups excluding carboxylic acids is 1. The Balaban J connectivity index is 2.13. The van der Waals surface area contributed by atoms with E-state index >= 15 is 0 Å². The number of aromatic nitrogens is 2. The van der Waals surface area contributed by atoms with Crippen LogP contribution < -0.4 is 5.32 Å². The zero-order valence-corrected chi connectivity index (χ0v) is 14.6. The molecule has 1 aliphatic heterocycles. The Morgan fingerprint density at radius 1 is 1.54 bits per heavy atom. The number of nitrogens with zero attached hydrogens (tertiary/aromatic N) is 3. The molecule has 0 saturated carbocycles. The Kier molecular flexibility index (Phi) is 5.12. The van der Waals surface area contributed by atoms with Crippen molar-refractivity contribution in [2.45, 2.75) is 64.8 Å². The number of alkyl carbamates (subject to hydrolysis) is 1. The molecule has 0 aromatic carbocycles. The third-order valence-corrected chi connectivity index (χ3v) is 3.52. The van der Waals surface area contributed by atoms with Crippen LogP contribution in [0.5, 0.6) is 0 Å². The predicted octanol–water partition coefficient (Wildman–Crippen LogP) is 2.51. The van der Waals surface area contributed by atoms with E-state index in [1.807, 2.05) is 34.6 Å². The van der Waals surface area contributed by atoms with Crippen LogP contribution in [0.4, 0.5) is 10.6 Å². The van der Waals surface area contributed by atoms with E-state index in [0.717, 1.165) is 0 Å². The number of hydrogen-bond acceptors (Lipinski definition) is 6. The minimum atomic E-state index is -0.523. The predicted molar refractivity (Wildman–Crippen MR) is 85.7 cm³/mol. The summed E-state index contributed by atoms with van der Waals surface area (Å²) in [5.41, 5.74) is 0.186. The first-order valence-electron chi connectivity index (χ1n) is 7.91. The van der Waals surface area contributed by atoms with Gasteiger partial charge in [0.25, 0.3) is 0 Å². The molecule has 24 heavy (non-hydrogen) atoms. The third-order valence-electron chi connectivity index (χ3n) is 3.52. The van der Waals surface area contributed by atoms with Crippen molar-refractivity contribution in [3.8, 4) is 0 Å². The zero-order valence-electron chi connectivity index (χ0n) is 14.6. The molecule has 1 N–H and O–H groups in total. The summed E-state index contributed by atoms with van der Waals surface area (Å²) < 4.78 is 12.6. The van der Waals surface area contributed by atoms with Crippen molar-refractivity contribution >= 4 is 11.9 Å². The Bertz CT molecular complexity index is 620. The second-order valence-corrected chi connectivity index (χ2v) is 7.15. The van der Waals surface area contributed by atoms with Gasteiger partial charge in [-0.25, -0.2) is 4.79 Å².